The minimum Gasteiger partial charge on any atom is -0.376 e. The molecule has 2 atom stereocenters. The zero-order chi connectivity index (χ0) is 15.9. The Balaban J connectivity index is 0.00000264. The van der Waals surface area contributed by atoms with Crippen LogP contribution in [0.2, 0.25) is 0 Å². The van der Waals surface area contributed by atoms with E-state index in [1.807, 2.05) is 6.92 Å². The van der Waals surface area contributed by atoms with Gasteiger partial charge in [-0.1, -0.05) is 13.0 Å². The quantitative estimate of drug-likeness (QED) is 0.421. The lowest BCUT2D eigenvalue weighted by Crippen LogP contribution is -2.42. The molecule has 1 aliphatic heterocycles. The number of aliphatic imine (C=N–C) groups is 1. The molecule has 1 aromatic rings. The van der Waals surface area contributed by atoms with Crippen molar-refractivity contribution in [3.8, 4) is 0 Å². The van der Waals surface area contributed by atoms with E-state index in [1.54, 1.807) is 7.05 Å². The average molecular weight is 439 g/mol. The number of ether oxygens (including phenoxy) is 1. The van der Waals surface area contributed by atoms with Gasteiger partial charge < -0.3 is 15.4 Å². The number of benzene rings is 1. The molecule has 2 unspecified atom stereocenters. The zero-order valence-corrected chi connectivity index (χ0v) is 15.8. The first-order valence-corrected chi connectivity index (χ1v) is 7.61. The fourth-order valence-corrected chi connectivity index (χ4v) is 2.50. The molecule has 2 N–H and O–H groups in total. The van der Waals surface area contributed by atoms with Crippen LogP contribution in [-0.2, 0) is 4.74 Å². The third-order valence-corrected chi connectivity index (χ3v) is 3.81. The average Bonchev–Trinajstić information content (AvgIpc) is 3.00. The van der Waals surface area contributed by atoms with Gasteiger partial charge in [0.1, 0.15) is 11.6 Å². The summed E-state index contributed by atoms with van der Waals surface area (Å²) in [7, 11) is 1.69. The van der Waals surface area contributed by atoms with Crippen LogP contribution in [0.15, 0.2) is 23.2 Å². The number of guanidine groups is 1. The highest BCUT2D eigenvalue weighted by atomic mass is 127. The van der Waals surface area contributed by atoms with E-state index in [9.17, 15) is 8.78 Å². The van der Waals surface area contributed by atoms with Crippen LogP contribution >= 0.6 is 24.0 Å². The van der Waals surface area contributed by atoms with Gasteiger partial charge in [-0.2, -0.15) is 0 Å². The van der Waals surface area contributed by atoms with E-state index in [4.69, 9.17) is 4.74 Å². The maximum absolute atomic E-state index is 13.7. The van der Waals surface area contributed by atoms with E-state index in [0.29, 0.717) is 24.6 Å². The Morgan fingerprint density at radius 2 is 2.17 bits per heavy atom. The Bertz CT molecular complexity index is 522. The Morgan fingerprint density at radius 3 is 2.78 bits per heavy atom. The van der Waals surface area contributed by atoms with Crippen molar-refractivity contribution in [3.05, 3.63) is 35.4 Å². The second kappa shape index (κ2) is 10.0. The molecular formula is C16H24F2IN3O. The van der Waals surface area contributed by atoms with E-state index in [-0.39, 0.29) is 36.0 Å². The maximum atomic E-state index is 13.7. The second-order valence-electron chi connectivity index (χ2n) is 5.54. The Labute approximate surface area is 153 Å². The van der Waals surface area contributed by atoms with Crippen molar-refractivity contribution >= 4 is 29.9 Å². The molecular weight excluding hydrogens is 415 g/mol. The SMILES string of the molecule is CN=C(NCC1CCCO1)NCC(C)c1ccc(F)cc1F.I. The molecule has 4 nitrogen and oxygen atoms in total. The number of nitrogens with zero attached hydrogens (tertiary/aromatic N) is 1. The number of rotatable bonds is 5. The van der Waals surface area contributed by atoms with E-state index in [0.717, 1.165) is 25.5 Å². The van der Waals surface area contributed by atoms with Crippen LogP contribution < -0.4 is 10.6 Å². The molecule has 0 bridgehead atoms. The normalized spacial score (nSPS) is 19.1. The van der Waals surface area contributed by atoms with Gasteiger partial charge in [-0.05, 0) is 24.5 Å². The van der Waals surface area contributed by atoms with Gasteiger partial charge in [-0.3, -0.25) is 4.99 Å². The highest BCUT2D eigenvalue weighted by molar-refractivity contribution is 14.0. The summed E-state index contributed by atoms with van der Waals surface area (Å²) < 4.78 is 32.2. The molecule has 1 heterocycles. The monoisotopic (exact) mass is 439 g/mol. The molecule has 23 heavy (non-hydrogen) atoms. The molecule has 130 valence electrons. The van der Waals surface area contributed by atoms with Crippen molar-refractivity contribution in [2.24, 2.45) is 4.99 Å². The number of hydrogen-bond acceptors (Lipinski definition) is 2. The molecule has 1 aromatic carbocycles. The standard InChI is InChI=1S/C16H23F2N3O.HI/c1-11(14-6-5-12(17)8-15(14)18)9-20-16(19-2)21-10-13-4-3-7-22-13;/h5-6,8,11,13H,3-4,7,9-10H2,1-2H3,(H2,19,20,21);1H. The van der Waals surface area contributed by atoms with Crippen LogP contribution in [0.25, 0.3) is 0 Å². The highest BCUT2D eigenvalue weighted by Gasteiger charge is 2.16. The summed E-state index contributed by atoms with van der Waals surface area (Å²) in [5, 5.41) is 6.36. The van der Waals surface area contributed by atoms with Gasteiger partial charge in [0.15, 0.2) is 5.96 Å². The topological polar surface area (TPSA) is 45.7 Å². The smallest absolute Gasteiger partial charge is 0.191 e. The highest BCUT2D eigenvalue weighted by Crippen LogP contribution is 2.19. The van der Waals surface area contributed by atoms with E-state index in [2.05, 4.69) is 15.6 Å². The Hall–Kier alpha value is -0.960. The molecule has 0 spiro atoms. The molecule has 0 radical (unpaired) electrons. The minimum atomic E-state index is -0.560. The van der Waals surface area contributed by atoms with Gasteiger partial charge in [0.25, 0.3) is 0 Å². The van der Waals surface area contributed by atoms with E-state index < -0.39 is 11.6 Å². The van der Waals surface area contributed by atoms with Crippen LogP contribution in [0.1, 0.15) is 31.2 Å². The van der Waals surface area contributed by atoms with E-state index in [1.165, 1.54) is 12.1 Å². The molecule has 0 aromatic heterocycles. The fourth-order valence-electron chi connectivity index (χ4n) is 2.50. The largest absolute Gasteiger partial charge is 0.376 e. The minimum absolute atomic E-state index is 0. The first-order chi connectivity index (χ1) is 10.6. The first-order valence-electron chi connectivity index (χ1n) is 7.61. The van der Waals surface area contributed by atoms with Crippen LogP contribution in [0.3, 0.4) is 0 Å². The summed E-state index contributed by atoms with van der Waals surface area (Å²) in [6, 6.07) is 3.68. The molecule has 1 fully saturated rings. The number of halogens is 3. The fraction of sp³-hybridized carbons (Fsp3) is 0.562. The molecule has 7 heteroatoms. The number of hydrogen-bond donors (Lipinski definition) is 2. The summed E-state index contributed by atoms with van der Waals surface area (Å²) in [6.45, 7) is 3.92. The summed E-state index contributed by atoms with van der Waals surface area (Å²) >= 11 is 0. The van der Waals surface area contributed by atoms with Crippen molar-refractivity contribution in [2.45, 2.75) is 31.8 Å². The van der Waals surface area contributed by atoms with Crippen LogP contribution in [0, 0.1) is 11.6 Å². The molecule has 0 saturated carbocycles. The van der Waals surface area contributed by atoms with Gasteiger partial charge in [0, 0.05) is 38.7 Å². The number of nitrogens with one attached hydrogen (secondary N) is 2. The maximum Gasteiger partial charge on any atom is 0.191 e. The van der Waals surface area contributed by atoms with Gasteiger partial charge in [0.05, 0.1) is 6.10 Å². The first kappa shape index (κ1) is 20.1. The van der Waals surface area contributed by atoms with E-state index >= 15 is 0 Å². The lowest BCUT2D eigenvalue weighted by atomic mass is 10.0. The van der Waals surface area contributed by atoms with Gasteiger partial charge in [0.2, 0.25) is 0 Å². The molecule has 0 amide bonds. The lowest BCUT2D eigenvalue weighted by Gasteiger charge is -2.18. The lowest BCUT2D eigenvalue weighted by molar-refractivity contribution is 0.114. The molecule has 1 aliphatic rings. The molecule has 1 saturated heterocycles. The van der Waals surface area contributed by atoms with Crippen molar-refractivity contribution in [1.29, 1.82) is 0 Å². The predicted octanol–water partition coefficient (Wildman–Crippen LogP) is 3.03. The predicted molar refractivity (Wildman–Crippen MR) is 98.5 cm³/mol. The van der Waals surface area contributed by atoms with Crippen LogP contribution in [-0.4, -0.2) is 38.8 Å². The Kier molecular flexibility index (Phi) is 8.75. The summed E-state index contributed by atoms with van der Waals surface area (Å²) in [6.07, 6.45) is 2.38. The second-order valence-corrected chi connectivity index (χ2v) is 5.54. The Morgan fingerprint density at radius 1 is 1.39 bits per heavy atom. The van der Waals surface area contributed by atoms with Gasteiger partial charge in [-0.15, -0.1) is 24.0 Å². The van der Waals surface area contributed by atoms with Crippen molar-refractivity contribution in [2.75, 3.05) is 26.7 Å². The van der Waals surface area contributed by atoms with Crippen molar-refractivity contribution in [1.82, 2.24) is 10.6 Å². The third kappa shape index (κ3) is 6.21. The summed E-state index contributed by atoms with van der Waals surface area (Å²) in [5.41, 5.74) is 0.489. The van der Waals surface area contributed by atoms with Crippen molar-refractivity contribution < 1.29 is 13.5 Å². The van der Waals surface area contributed by atoms with Gasteiger partial charge >= 0.3 is 0 Å². The van der Waals surface area contributed by atoms with Crippen LogP contribution in [0.4, 0.5) is 8.78 Å². The third-order valence-electron chi connectivity index (χ3n) is 3.81. The van der Waals surface area contributed by atoms with Crippen LogP contribution in [0.5, 0.6) is 0 Å². The molecule has 2 rings (SSSR count). The zero-order valence-electron chi connectivity index (χ0n) is 13.4. The van der Waals surface area contributed by atoms with Crippen molar-refractivity contribution in [3.63, 3.8) is 0 Å². The van der Waals surface area contributed by atoms with Gasteiger partial charge in [-0.25, -0.2) is 8.78 Å². The summed E-state index contributed by atoms with van der Waals surface area (Å²) in [5.74, 6) is -0.515. The summed E-state index contributed by atoms with van der Waals surface area (Å²) in [4.78, 5) is 4.14. The molecule has 0 aliphatic carbocycles.